The number of sulfone groups is 1. The van der Waals surface area contributed by atoms with Gasteiger partial charge in [0.15, 0.2) is 0 Å². The minimum Gasteiger partial charge on any atom is -0.298 e. The Morgan fingerprint density at radius 3 is 2.76 bits per heavy atom. The van der Waals surface area contributed by atoms with Crippen LogP contribution in [-0.4, -0.2) is 68.5 Å². The molecule has 17 heavy (non-hydrogen) atoms. The van der Waals surface area contributed by atoms with Crippen molar-refractivity contribution in [3.8, 4) is 0 Å². The molecule has 0 radical (unpaired) electrons. The molecule has 0 aromatic carbocycles. The van der Waals surface area contributed by atoms with Gasteiger partial charge >= 0.3 is 0 Å². The maximum Gasteiger partial charge on any atom is 0.147 e. The fraction of sp³-hybridized carbons (Fsp3) is 1.00. The Morgan fingerprint density at radius 1 is 1.29 bits per heavy atom. The number of nitrogens with zero attached hydrogens (tertiary/aromatic N) is 2. The summed E-state index contributed by atoms with van der Waals surface area (Å²) in [7, 11) is -2.80. The molecule has 2 heterocycles. The first-order valence-corrected chi connectivity index (χ1v) is 8.67. The third kappa shape index (κ3) is 3.66. The van der Waals surface area contributed by atoms with E-state index in [9.17, 15) is 8.42 Å². The van der Waals surface area contributed by atoms with E-state index in [4.69, 9.17) is 0 Å². The zero-order chi connectivity index (χ0) is 12.5. The Bertz CT molecular complexity index is 356. The van der Waals surface area contributed by atoms with Gasteiger partial charge in [-0.05, 0) is 39.3 Å². The summed E-state index contributed by atoms with van der Waals surface area (Å²) < 4.78 is 22.2. The van der Waals surface area contributed by atoms with Gasteiger partial charge in [0.1, 0.15) is 9.84 Å². The molecule has 0 aliphatic carbocycles. The van der Waals surface area contributed by atoms with Crippen molar-refractivity contribution in [2.24, 2.45) is 0 Å². The highest BCUT2D eigenvalue weighted by molar-refractivity contribution is 7.90. The molecule has 0 bridgehead atoms. The first-order valence-electron chi connectivity index (χ1n) is 6.61. The lowest BCUT2D eigenvalue weighted by molar-refractivity contribution is 0.0599. The molecule has 2 unspecified atom stereocenters. The molecule has 2 saturated heterocycles. The Labute approximate surface area is 105 Å². The van der Waals surface area contributed by atoms with Crippen LogP contribution in [0.15, 0.2) is 0 Å². The number of rotatable bonds is 4. The van der Waals surface area contributed by atoms with Crippen LogP contribution in [0.25, 0.3) is 0 Å². The van der Waals surface area contributed by atoms with Crippen molar-refractivity contribution < 1.29 is 8.42 Å². The lowest BCUT2D eigenvalue weighted by Crippen LogP contribution is -2.55. The van der Waals surface area contributed by atoms with Crippen molar-refractivity contribution in [1.29, 1.82) is 0 Å². The molecule has 0 spiro atoms. The summed E-state index contributed by atoms with van der Waals surface area (Å²) in [5.41, 5.74) is 0. The van der Waals surface area contributed by atoms with E-state index >= 15 is 0 Å². The SMILES string of the molecule is CC1CN2CCCC2CN1CCCS(C)(=O)=O. The molecular weight excluding hydrogens is 236 g/mol. The zero-order valence-electron chi connectivity index (χ0n) is 10.9. The molecule has 100 valence electrons. The number of piperazine rings is 1. The van der Waals surface area contributed by atoms with Crippen LogP contribution in [-0.2, 0) is 9.84 Å². The lowest BCUT2D eigenvalue weighted by Gasteiger charge is -2.42. The third-order valence-corrected chi connectivity index (χ3v) is 5.06. The average molecular weight is 260 g/mol. The first kappa shape index (κ1) is 13.3. The summed E-state index contributed by atoms with van der Waals surface area (Å²) in [6, 6.07) is 1.30. The van der Waals surface area contributed by atoms with Crippen LogP contribution in [0.3, 0.4) is 0 Å². The van der Waals surface area contributed by atoms with E-state index in [1.54, 1.807) is 0 Å². The smallest absolute Gasteiger partial charge is 0.147 e. The standard InChI is InChI=1S/C12H24N2O2S/c1-11-9-14-6-3-5-12(14)10-13(11)7-4-8-17(2,15)16/h11-12H,3-10H2,1-2H3. The second kappa shape index (κ2) is 5.24. The second-order valence-corrected chi connectivity index (χ2v) is 7.88. The van der Waals surface area contributed by atoms with Gasteiger partial charge in [-0.3, -0.25) is 9.80 Å². The van der Waals surface area contributed by atoms with Crippen LogP contribution in [0.2, 0.25) is 0 Å². The van der Waals surface area contributed by atoms with E-state index in [0.717, 1.165) is 32.1 Å². The van der Waals surface area contributed by atoms with Crippen molar-refractivity contribution in [2.45, 2.75) is 38.3 Å². The van der Waals surface area contributed by atoms with Gasteiger partial charge in [-0.25, -0.2) is 8.42 Å². The van der Waals surface area contributed by atoms with Crippen molar-refractivity contribution in [3.63, 3.8) is 0 Å². The molecule has 2 fully saturated rings. The molecule has 2 aliphatic heterocycles. The zero-order valence-corrected chi connectivity index (χ0v) is 11.7. The minimum absolute atomic E-state index is 0.324. The predicted octanol–water partition coefficient (Wildman–Crippen LogP) is 0.590. The van der Waals surface area contributed by atoms with E-state index in [0.29, 0.717) is 11.8 Å². The molecule has 0 aromatic heterocycles. The van der Waals surface area contributed by atoms with E-state index in [2.05, 4.69) is 16.7 Å². The molecule has 0 aromatic rings. The maximum atomic E-state index is 11.1. The maximum absolute atomic E-state index is 11.1. The third-order valence-electron chi connectivity index (χ3n) is 4.03. The van der Waals surface area contributed by atoms with Crippen LogP contribution in [0.5, 0.6) is 0 Å². The molecular formula is C12H24N2O2S. The van der Waals surface area contributed by atoms with Gasteiger partial charge in [0, 0.05) is 31.4 Å². The van der Waals surface area contributed by atoms with E-state index in [1.807, 2.05) is 0 Å². The minimum atomic E-state index is -2.80. The van der Waals surface area contributed by atoms with Crippen LogP contribution in [0, 0.1) is 0 Å². The molecule has 2 atom stereocenters. The predicted molar refractivity (Wildman–Crippen MR) is 70.0 cm³/mol. The monoisotopic (exact) mass is 260 g/mol. The molecule has 0 saturated carbocycles. The van der Waals surface area contributed by atoms with Gasteiger partial charge in [0.2, 0.25) is 0 Å². The number of hydrogen-bond acceptors (Lipinski definition) is 4. The molecule has 2 rings (SSSR count). The van der Waals surface area contributed by atoms with Crippen molar-refractivity contribution in [3.05, 3.63) is 0 Å². The summed E-state index contributed by atoms with van der Waals surface area (Å²) in [6.07, 6.45) is 4.74. The fourth-order valence-electron chi connectivity index (χ4n) is 3.09. The summed E-state index contributed by atoms with van der Waals surface area (Å²) >= 11 is 0. The fourth-order valence-corrected chi connectivity index (χ4v) is 3.74. The van der Waals surface area contributed by atoms with Crippen molar-refractivity contribution in [2.75, 3.05) is 38.2 Å². The normalized spacial score (nSPS) is 31.6. The molecule has 4 nitrogen and oxygen atoms in total. The van der Waals surface area contributed by atoms with E-state index in [-0.39, 0.29) is 0 Å². The Kier molecular flexibility index (Phi) is 4.10. The summed E-state index contributed by atoms with van der Waals surface area (Å²) in [6.45, 7) is 6.73. The van der Waals surface area contributed by atoms with Gasteiger partial charge < -0.3 is 0 Å². The summed E-state index contributed by atoms with van der Waals surface area (Å²) in [5, 5.41) is 0. The van der Waals surface area contributed by atoms with Crippen LogP contribution >= 0.6 is 0 Å². The molecule has 2 aliphatic rings. The van der Waals surface area contributed by atoms with Gasteiger partial charge in [0.25, 0.3) is 0 Å². The number of fused-ring (bicyclic) bond motifs is 1. The van der Waals surface area contributed by atoms with Gasteiger partial charge in [-0.2, -0.15) is 0 Å². The second-order valence-electron chi connectivity index (χ2n) is 5.62. The first-order chi connectivity index (χ1) is 7.96. The molecule has 5 heteroatoms. The summed E-state index contributed by atoms with van der Waals surface area (Å²) in [4.78, 5) is 5.06. The Hall–Kier alpha value is -0.130. The highest BCUT2D eigenvalue weighted by Gasteiger charge is 2.33. The molecule has 0 amide bonds. The van der Waals surface area contributed by atoms with Crippen LogP contribution < -0.4 is 0 Å². The largest absolute Gasteiger partial charge is 0.298 e. The van der Waals surface area contributed by atoms with Gasteiger partial charge in [-0.15, -0.1) is 0 Å². The Morgan fingerprint density at radius 2 is 2.06 bits per heavy atom. The van der Waals surface area contributed by atoms with E-state index < -0.39 is 9.84 Å². The average Bonchev–Trinajstić information content (AvgIpc) is 2.63. The van der Waals surface area contributed by atoms with Crippen LogP contribution in [0.1, 0.15) is 26.2 Å². The van der Waals surface area contributed by atoms with Crippen molar-refractivity contribution >= 4 is 9.84 Å². The topological polar surface area (TPSA) is 40.6 Å². The van der Waals surface area contributed by atoms with E-state index in [1.165, 1.54) is 25.6 Å². The lowest BCUT2D eigenvalue weighted by atomic mass is 10.1. The summed E-state index contributed by atoms with van der Waals surface area (Å²) in [5.74, 6) is 0.324. The quantitative estimate of drug-likeness (QED) is 0.742. The Balaban J connectivity index is 1.80. The highest BCUT2D eigenvalue weighted by Crippen LogP contribution is 2.24. The molecule has 0 N–H and O–H groups in total. The highest BCUT2D eigenvalue weighted by atomic mass is 32.2. The number of hydrogen-bond donors (Lipinski definition) is 0. The van der Waals surface area contributed by atoms with Gasteiger partial charge in [0.05, 0.1) is 5.75 Å². The van der Waals surface area contributed by atoms with Gasteiger partial charge in [-0.1, -0.05) is 0 Å². The van der Waals surface area contributed by atoms with Crippen LogP contribution in [0.4, 0.5) is 0 Å². The van der Waals surface area contributed by atoms with Crippen molar-refractivity contribution in [1.82, 2.24) is 9.80 Å².